The third-order valence-electron chi connectivity index (χ3n) is 3.55. The van der Waals surface area contributed by atoms with Crippen LogP contribution in [0, 0.1) is 0 Å². The van der Waals surface area contributed by atoms with Gasteiger partial charge in [0, 0.05) is 10.8 Å². The molecule has 0 radical (unpaired) electrons. The SMILES string of the molecule is c1sc(CCCc2scc3c2OCCO3)c2c1OCCO2. The Morgan fingerprint density at radius 1 is 0.714 bits per heavy atom. The highest BCUT2D eigenvalue weighted by molar-refractivity contribution is 7.11. The summed E-state index contributed by atoms with van der Waals surface area (Å²) in [7, 11) is 0. The molecule has 2 aliphatic rings. The molecule has 4 rings (SSSR count). The quantitative estimate of drug-likeness (QED) is 0.862. The Kier molecular flexibility index (Phi) is 3.65. The first-order valence-corrected chi connectivity index (χ1v) is 8.89. The second-order valence-corrected chi connectivity index (χ2v) is 6.88. The van der Waals surface area contributed by atoms with Gasteiger partial charge in [-0.2, -0.15) is 0 Å². The van der Waals surface area contributed by atoms with Gasteiger partial charge < -0.3 is 18.9 Å². The first kappa shape index (κ1) is 13.3. The van der Waals surface area contributed by atoms with Crippen LogP contribution in [0.4, 0.5) is 0 Å². The maximum absolute atomic E-state index is 5.72. The lowest BCUT2D eigenvalue weighted by Crippen LogP contribution is -2.15. The maximum atomic E-state index is 5.72. The Labute approximate surface area is 131 Å². The van der Waals surface area contributed by atoms with Crippen LogP contribution in [0.2, 0.25) is 0 Å². The third-order valence-corrected chi connectivity index (χ3v) is 5.56. The molecule has 2 aliphatic heterocycles. The van der Waals surface area contributed by atoms with Crippen molar-refractivity contribution >= 4 is 22.7 Å². The molecule has 21 heavy (non-hydrogen) atoms. The smallest absolute Gasteiger partial charge is 0.175 e. The van der Waals surface area contributed by atoms with Crippen molar-refractivity contribution in [3.8, 4) is 23.0 Å². The first-order chi connectivity index (χ1) is 10.4. The number of hydrogen-bond acceptors (Lipinski definition) is 6. The fourth-order valence-electron chi connectivity index (χ4n) is 2.59. The molecule has 4 nitrogen and oxygen atoms in total. The Balaban J connectivity index is 1.39. The molecule has 0 spiro atoms. The van der Waals surface area contributed by atoms with E-state index in [4.69, 9.17) is 18.9 Å². The fourth-order valence-corrected chi connectivity index (χ4v) is 4.49. The van der Waals surface area contributed by atoms with Gasteiger partial charge in [-0.3, -0.25) is 0 Å². The zero-order valence-corrected chi connectivity index (χ0v) is 13.2. The molecule has 0 atom stereocenters. The van der Waals surface area contributed by atoms with Crippen molar-refractivity contribution in [3.05, 3.63) is 20.5 Å². The van der Waals surface area contributed by atoms with Crippen LogP contribution < -0.4 is 18.9 Å². The van der Waals surface area contributed by atoms with E-state index in [1.807, 2.05) is 10.8 Å². The standard InChI is InChI=1S/C15H16O4S2/c1(2-12-14-10(8-20-12)16-4-6-18-14)3-13-15-11(9-21-13)17-5-7-19-15/h8-9H,1-7H2. The van der Waals surface area contributed by atoms with Crippen LogP contribution in [0.1, 0.15) is 16.2 Å². The largest absolute Gasteiger partial charge is 0.485 e. The first-order valence-electron chi connectivity index (χ1n) is 7.14. The number of ether oxygens (including phenoxy) is 4. The van der Waals surface area contributed by atoms with Gasteiger partial charge in [-0.25, -0.2) is 0 Å². The highest BCUT2D eigenvalue weighted by atomic mass is 32.1. The Hall–Kier alpha value is -1.40. The second kappa shape index (κ2) is 5.77. The molecule has 0 aliphatic carbocycles. The van der Waals surface area contributed by atoms with Crippen LogP contribution in [-0.4, -0.2) is 26.4 Å². The molecule has 0 bridgehead atoms. The van der Waals surface area contributed by atoms with E-state index in [2.05, 4.69) is 0 Å². The van der Waals surface area contributed by atoms with Gasteiger partial charge in [0.1, 0.15) is 26.4 Å². The van der Waals surface area contributed by atoms with Crippen LogP contribution in [0.3, 0.4) is 0 Å². The van der Waals surface area contributed by atoms with Gasteiger partial charge in [0.05, 0.1) is 9.75 Å². The summed E-state index contributed by atoms with van der Waals surface area (Å²) in [6.45, 7) is 2.62. The minimum atomic E-state index is 0.653. The Morgan fingerprint density at radius 3 is 1.71 bits per heavy atom. The fraction of sp³-hybridized carbons (Fsp3) is 0.467. The molecule has 4 heterocycles. The van der Waals surface area contributed by atoms with Gasteiger partial charge in [0.15, 0.2) is 23.0 Å². The van der Waals surface area contributed by atoms with E-state index in [1.54, 1.807) is 22.7 Å². The predicted octanol–water partition coefficient (Wildman–Crippen LogP) is 3.53. The van der Waals surface area contributed by atoms with E-state index in [1.165, 1.54) is 9.75 Å². The van der Waals surface area contributed by atoms with E-state index in [0.29, 0.717) is 26.4 Å². The molecule has 0 fully saturated rings. The summed E-state index contributed by atoms with van der Waals surface area (Å²) < 4.78 is 22.6. The Morgan fingerprint density at radius 2 is 1.19 bits per heavy atom. The predicted molar refractivity (Wildman–Crippen MR) is 82.6 cm³/mol. The lowest BCUT2D eigenvalue weighted by molar-refractivity contribution is 0.171. The minimum absolute atomic E-state index is 0.653. The van der Waals surface area contributed by atoms with Gasteiger partial charge in [0.25, 0.3) is 0 Å². The molecule has 0 saturated carbocycles. The molecule has 0 unspecified atom stereocenters. The minimum Gasteiger partial charge on any atom is -0.485 e. The molecule has 0 amide bonds. The zero-order valence-electron chi connectivity index (χ0n) is 11.6. The maximum Gasteiger partial charge on any atom is 0.175 e. The van der Waals surface area contributed by atoms with Gasteiger partial charge in [-0.15, -0.1) is 22.7 Å². The summed E-state index contributed by atoms with van der Waals surface area (Å²) >= 11 is 3.46. The molecular formula is C15H16O4S2. The summed E-state index contributed by atoms with van der Waals surface area (Å²) in [5, 5.41) is 4.10. The summed E-state index contributed by atoms with van der Waals surface area (Å²) in [4.78, 5) is 2.57. The Bertz CT molecular complexity index is 577. The molecule has 0 aromatic carbocycles. The van der Waals surface area contributed by atoms with Crippen molar-refractivity contribution in [1.29, 1.82) is 0 Å². The lowest BCUT2D eigenvalue weighted by atomic mass is 10.1. The lowest BCUT2D eigenvalue weighted by Gasteiger charge is -2.16. The molecular weight excluding hydrogens is 308 g/mol. The van der Waals surface area contributed by atoms with Crippen molar-refractivity contribution < 1.29 is 18.9 Å². The van der Waals surface area contributed by atoms with Crippen LogP contribution in [0.5, 0.6) is 23.0 Å². The van der Waals surface area contributed by atoms with Gasteiger partial charge in [0.2, 0.25) is 0 Å². The van der Waals surface area contributed by atoms with Crippen LogP contribution >= 0.6 is 22.7 Å². The van der Waals surface area contributed by atoms with Gasteiger partial charge in [-0.05, 0) is 19.3 Å². The van der Waals surface area contributed by atoms with Crippen molar-refractivity contribution in [2.24, 2.45) is 0 Å². The number of hydrogen-bond donors (Lipinski definition) is 0. The molecule has 0 saturated heterocycles. The normalized spacial score (nSPS) is 16.0. The molecule has 2 aromatic heterocycles. The number of rotatable bonds is 4. The summed E-state index contributed by atoms with van der Waals surface area (Å²) in [5.74, 6) is 3.73. The molecule has 6 heteroatoms. The van der Waals surface area contributed by atoms with Crippen LogP contribution in [0.15, 0.2) is 10.8 Å². The van der Waals surface area contributed by atoms with Crippen LogP contribution in [-0.2, 0) is 12.8 Å². The van der Waals surface area contributed by atoms with Gasteiger partial charge in [-0.1, -0.05) is 0 Å². The summed E-state index contributed by atoms with van der Waals surface area (Å²) in [5.41, 5.74) is 0. The van der Waals surface area contributed by atoms with E-state index < -0.39 is 0 Å². The highest BCUT2D eigenvalue weighted by Gasteiger charge is 2.20. The van der Waals surface area contributed by atoms with Crippen molar-refractivity contribution in [3.63, 3.8) is 0 Å². The van der Waals surface area contributed by atoms with E-state index >= 15 is 0 Å². The average Bonchev–Trinajstić information content (AvgIpc) is 3.13. The monoisotopic (exact) mass is 324 g/mol. The van der Waals surface area contributed by atoms with Crippen molar-refractivity contribution in [2.45, 2.75) is 19.3 Å². The summed E-state index contributed by atoms with van der Waals surface area (Å²) in [6, 6.07) is 0. The van der Waals surface area contributed by atoms with E-state index in [0.717, 1.165) is 42.3 Å². The third kappa shape index (κ3) is 2.58. The average molecular weight is 324 g/mol. The van der Waals surface area contributed by atoms with Crippen molar-refractivity contribution in [2.75, 3.05) is 26.4 Å². The van der Waals surface area contributed by atoms with E-state index in [-0.39, 0.29) is 0 Å². The molecule has 112 valence electrons. The number of thiophene rings is 2. The van der Waals surface area contributed by atoms with Crippen LogP contribution in [0.25, 0.3) is 0 Å². The summed E-state index contributed by atoms with van der Waals surface area (Å²) in [6.07, 6.45) is 3.10. The topological polar surface area (TPSA) is 36.9 Å². The second-order valence-electron chi connectivity index (χ2n) is 4.95. The molecule has 2 aromatic rings. The highest BCUT2D eigenvalue weighted by Crippen LogP contribution is 2.42. The van der Waals surface area contributed by atoms with Crippen molar-refractivity contribution in [1.82, 2.24) is 0 Å². The van der Waals surface area contributed by atoms with E-state index in [9.17, 15) is 0 Å². The number of aryl methyl sites for hydroxylation is 2. The molecule has 0 N–H and O–H groups in total. The number of fused-ring (bicyclic) bond motifs is 2. The van der Waals surface area contributed by atoms with Gasteiger partial charge >= 0.3 is 0 Å². The zero-order chi connectivity index (χ0) is 14.1.